The van der Waals surface area contributed by atoms with Gasteiger partial charge < -0.3 is 20.2 Å². The molecule has 1 saturated heterocycles. The zero-order valence-corrected chi connectivity index (χ0v) is 11.7. The Morgan fingerprint density at radius 1 is 1.27 bits per heavy atom. The molecule has 1 aliphatic rings. The Labute approximate surface area is 125 Å². The number of aromatic carboxylic acids is 1. The van der Waals surface area contributed by atoms with E-state index >= 15 is 0 Å². The summed E-state index contributed by atoms with van der Waals surface area (Å²) in [6.45, 7) is 1.65. The number of hydrogen-bond donors (Lipinski definition) is 1. The molecule has 2 rings (SSSR count). The lowest BCUT2D eigenvalue weighted by atomic mass is 10.1. The minimum atomic E-state index is -1.13. The molecule has 1 aliphatic heterocycles. The molecule has 0 radical (unpaired) electrons. The number of hydrogen-bond acceptors (Lipinski definition) is 5. The van der Waals surface area contributed by atoms with Crippen molar-refractivity contribution in [3.05, 3.63) is 29.8 Å². The summed E-state index contributed by atoms with van der Waals surface area (Å²) in [5.74, 6) is -4.54. The first-order valence-corrected chi connectivity index (χ1v) is 6.31. The molecule has 1 fully saturated rings. The third kappa shape index (κ3) is 3.12. The van der Waals surface area contributed by atoms with Crippen molar-refractivity contribution in [2.45, 2.75) is 6.92 Å². The summed E-state index contributed by atoms with van der Waals surface area (Å²) in [7, 11) is 0. The van der Waals surface area contributed by atoms with Crippen molar-refractivity contribution in [3.8, 4) is 0 Å². The summed E-state index contributed by atoms with van der Waals surface area (Å²) in [5, 5.41) is 8.81. The smallest absolute Gasteiger partial charge is 0.335 e. The molecule has 0 spiro atoms. The van der Waals surface area contributed by atoms with E-state index in [1.54, 1.807) is 6.92 Å². The summed E-state index contributed by atoms with van der Waals surface area (Å²) < 4.78 is 4.76. The van der Waals surface area contributed by atoms with Crippen molar-refractivity contribution in [2.24, 2.45) is 5.92 Å². The van der Waals surface area contributed by atoms with Crippen LogP contribution in [0.3, 0.4) is 0 Å². The van der Waals surface area contributed by atoms with Crippen molar-refractivity contribution in [1.29, 1.82) is 0 Å². The number of Topliss-reactive ketones (excluding diaryl/α,β-unsaturated/α-hetero) is 1. The maximum absolute atomic E-state index is 11.9. The summed E-state index contributed by atoms with van der Waals surface area (Å²) in [6.07, 6.45) is 0. The number of ketones is 1. The van der Waals surface area contributed by atoms with Crippen LogP contribution in [0.4, 0.5) is 5.69 Å². The quantitative estimate of drug-likeness (QED) is 0.459. The van der Waals surface area contributed by atoms with E-state index in [2.05, 4.69) is 0 Å². The zero-order valence-electron chi connectivity index (χ0n) is 11.7. The number of carbonyl (C=O) groups is 4. The third-order valence-electron chi connectivity index (χ3n) is 3.13. The van der Waals surface area contributed by atoms with E-state index in [0.717, 1.165) is 4.90 Å². The van der Waals surface area contributed by atoms with E-state index in [1.807, 2.05) is 0 Å². The van der Waals surface area contributed by atoms with Crippen LogP contribution in [0.5, 0.6) is 0 Å². The summed E-state index contributed by atoms with van der Waals surface area (Å²) in [5.41, 5.74) is 0.434. The second kappa shape index (κ2) is 6.81. The zero-order chi connectivity index (χ0) is 15.6. The molecule has 0 aliphatic carbocycles. The Morgan fingerprint density at radius 2 is 1.86 bits per heavy atom. The number of nitrogens with zero attached hydrogens (tertiary/aromatic N) is 1. The first-order chi connectivity index (χ1) is 9.95. The molecule has 118 valence electrons. The van der Waals surface area contributed by atoms with Crippen LogP contribution in [0, 0.1) is 5.92 Å². The van der Waals surface area contributed by atoms with Gasteiger partial charge in [0.25, 0.3) is 5.91 Å². The molecule has 0 bridgehead atoms. The minimum Gasteiger partial charge on any atom is -0.478 e. The molecule has 8 nitrogen and oxygen atoms in total. The van der Waals surface area contributed by atoms with Gasteiger partial charge in [-0.05, 0) is 31.2 Å². The van der Waals surface area contributed by atoms with E-state index in [4.69, 9.17) is 9.84 Å². The highest BCUT2D eigenvalue weighted by atomic mass is 16.5. The van der Waals surface area contributed by atoms with Crippen molar-refractivity contribution in [2.75, 3.05) is 18.1 Å². The molecule has 1 aromatic rings. The van der Waals surface area contributed by atoms with Crippen molar-refractivity contribution in [1.82, 2.24) is 0 Å². The maximum Gasteiger partial charge on any atom is 0.335 e. The molecule has 8 heteroatoms. The Hall–Kier alpha value is -2.74. The fourth-order valence-corrected chi connectivity index (χ4v) is 2.06. The van der Waals surface area contributed by atoms with Gasteiger partial charge in [-0.3, -0.25) is 14.4 Å². The molecule has 1 heterocycles. The lowest BCUT2D eigenvalue weighted by molar-refractivity contribution is -0.151. The Kier molecular flexibility index (Phi) is 5.36. The number of benzene rings is 1. The van der Waals surface area contributed by atoms with E-state index < -0.39 is 29.5 Å². The number of carboxylic acid groups (broad SMARTS) is 1. The summed E-state index contributed by atoms with van der Waals surface area (Å²) >= 11 is 0. The van der Waals surface area contributed by atoms with Crippen LogP contribution in [0.2, 0.25) is 0 Å². The Morgan fingerprint density at radius 3 is 2.36 bits per heavy atom. The van der Waals surface area contributed by atoms with E-state index in [-0.39, 0.29) is 24.2 Å². The first kappa shape index (κ1) is 17.3. The van der Waals surface area contributed by atoms with Gasteiger partial charge in [0.2, 0.25) is 5.78 Å². The number of carboxylic acids is 1. The fourth-order valence-electron chi connectivity index (χ4n) is 2.06. The summed E-state index contributed by atoms with van der Waals surface area (Å²) in [4.78, 5) is 47.2. The van der Waals surface area contributed by atoms with Crippen molar-refractivity contribution < 1.29 is 34.5 Å². The molecule has 22 heavy (non-hydrogen) atoms. The first-order valence-electron chi connectivity index (χ1n) is 6.31. The number of carbonyl (C=O) groups excluding carboxylic acids is 3. The van der Waals surface area contributed by atoms with Gasteiger partial charge in [0.15, 0.2) is 0 Å². The molecule has 0 saturated carbocycles. The predicted molar refractivity (Wildman–Crippen MR) is 74.5 cm³/mol. The number of ether oxygens (including phenoxy) is 1. The highest BCUT2D eigenvalue weighted by molar-refractivity contribution is 6.47. The number of amides is 1. The second-order valence-corrected chi connectivity index (χ2v) is 4.44. The number of anilines is 1. The normalized spacial score (nSPS) is 17.1. The fraction of sp³-hybridized carbons (Fsp3) is 0.286. The Bertz CT molecular complexity index is 608. The summed E-state index contributed by atoms with van der Waals surface area (Å²) in [6, 6.07) is 5.49. The SMILES string of the molecule is CCOC(=O)C1CN(c2ccc(C(=O)O)cc2)C(=O)C1=O.O. The van der Waals surface area contributed by atoms with Gasteiger partial charge in [0.05, 0.1) is 12.2 Å². The maximum atomic E-state index is 11.9. The van der Waals surface area contributed by atoms with E-state index in [1.165, 1.54) is 24.3 Å². The molecular formula is C14H15NO7. The monoisotopic (exact) mass is 309 g/mol. The molecule has 1 atom stereocenters. The van der Waals surface area contributed by atoms with Gasteiger partial charge in [-0.25, -0.2) is 4.79 Å². The van der Waals surface area contributed by atoms with Crippen LogP contribution in [0.1, 0.15) is 17.3 Å². The third-order valence-corrected chi connectivity index (χ3v) is 3.13. The van der Waals surface area contributed by atoms with Crippen LogP contribution in [0.15, 0.2) is 24.3 Å². The predicted octanol–water partition coefficient (Wildman–Crippen LogP) is -0.345. The molecule has 1 aromatic carbocycles. The topological polar surface area (TPSA) is 132 Å². The van der Waals surface area contributed by atoms with Gasteiger partial charge in [0, 0.05) is 12.2 Å². The second-order valence-electron chi connectivity index (χ2n) is 4.44. The molecule has 1 unspecified atom stereocenters. The van der Waals surface area contributed by atoms with Gasteiger partial charge >= 0.3 is 11.9 Å². The van der Waals surface area contributed by atoms with Gasteiger partial charge in [-0.1, -0.05) is 0 Å². The number of esters is 1. The minimum absolute atomic E-state index is 0. The van der Waals surface area contributed by atoms with E-state index in [9.17, 15) is 19.2 Å². The van der Waals surface area contributed by atoms with Crippen LogP contribution in [-0.4, -0.2) is 47.4 Å². The molecular weight excluding hydrogens is 294 g/mol. The molecule has 3 N–H and O–H groups in total. The standard InChI is InChI=1S/C14H13NO6.H2O/c1-2-21-14(20)10-7-15(12(17)11(10)16)9-5-3-8(4-6-9)13(18)19;/h3-6,10H,2,7H2,1H3,(H,18,19);1H2. The lowest BCUT2D eigenvalue weighted by Crippen LogP contribution is -2.26. The largest absolute Gasteiger partial charge is 0.478 e. The molecule has 0 aromatic heterocycles. The van der Waals surface area contributed by atoms with Crippen LogP contribution in [-0.2, 0) is 19.1 Å². The average molecular weight is 309 g/mol. The van der Waals surface area contributed by atoms with Crippen LogP contribution in [0.25, 0.3) is 0 Å². The van der Waals surface area contributed by atoms with Crippen LogP contribution < -0.4 is 4.90 Å². The van der Waals surface area contributed by atoms with Crippen molar-refractivity contribution >= 4 is 29.3 Å². The lowest BCUT2D eigenvalue weighted by Gasteiger charge is -2.15. The van der Waals surface area contributed by atoms with Gasteiger partial charge in [-0.2, -0.15) is 0 Å². The Balaban J connectivity index is 0.00000242. The highest BCUT2D eigenvalue weighted by Crippen LogP contribution is 2.24. The highest BCUT2D eigenvalue weighted by Gasteiger charge is 2.44. The van der Waals surface area contributed by atoms with Crippen molar-refractivity contribution in [3.63, 3.8) is 0 Å². The number of rotatable bonds is 4. The van der Waals surface area contributed by atoms with E-state index in [0.29, 0.717) is 5.69 Å². The van der Waals surface area contributed by atoms with Crippen LogP contribution >= 0.6 is 0 Å². The van der Waals surface area contributed by atoms with Gasteiger partial charge in [0.1, 0.15) is 5.92 Å². The average Bonchev–Trinajstić information content (AvgIpc) is 2.76. The van der Waals surface area contributed by atoms with Gasteiger partial charge in [-0.15, -0.1) is 0 Å². The molecule has 1 amide bonds.